The largest absolute Gasteiger partial charge is 0.490 e. The van der Waals surface area contributed by atoms with Crippen molar-refractivity contribution < 1.29 is 4.74 Å². The Kier molecular flexibility index (Phi) is 3.17. The smallest absolute Gasteiger partial charge is 0.120 e. The van der Waals surface area contributed by atoms with Gasteiger partial charge in [-0.2, -0.15) is 0 Å². The fourth-order valence-corrected chi connectivity index (χ4v) is 4.14. The highest BCUT2D eigenvalue weighted by Crippen LogP contribution is 2.50. The van der Waals surface area contributed by atoms with Crippen molar-refractivity contribution in [2.75, 3.05) is 0 Å². The number of rotatable bonds is 3. The second-order valence-electron chi connectivity index (χ2n) is 5.95. The lowest BCUT2D eigenvalue weighted by molar-refractivity contribution is -0.0243. The Bertz CT molecular complexity index is 456. The first kappa shape index (κ1) is 12.5. The molecule has 2 heteroatoms. The quantitative estimate of drug-likeness (QED) is 0.747. The first-order valence-electron chi connectivity index (χ1n) is 7.06. The molecule has 2 aliphatic carbocycles. The molecule has 0 radical (unpaired) electrons. The maximum absolute atomic E-state index is 6.22. The molecule has 0 N–H and O–H groups in total. The molecule has 3 atom stereocenters. The summed E-state index contributed by atoms with van der Waals surface area (Å²) in [6, 6.07) is 6.67. The summed E-state index contributed by atoms with van der Waals surface area (Å²) in [4.78, 5) is 0.606. The summed E-state index contributed by atoms with van der Waals surface area (Å²) < 4.78 is 6.22. The number of alkyl halides is 1. The van der Waals surface area contributed by atoms with Crippen LogP contribution in [0.5, 0.6) is 5.75 Å². The lowest BCUT2D eigenvalue weighted by atomic mass is 9.65. The first-order valence-corrected chi connectivity index (χ1v) is 7.97. The Hall–Kier alpha value is -0.500. The van der Waals surface area contributed by atoms with Gasteiger partial charge in [0, 0.05) is 10.2 Å². The van der Waals surface area contributed by atoms with Crippen molar-refractivity contribution in [2.24, 2.45) is 5.41 Å². The van der Waals surface area contributed by atoms with Crippen molar-refractivity contribution in [2.45, 2.75) is 56.9 Å². The number of fused-ring (bicyclic) bond motifs is 1. The van der Waals surface area contributed by atoms with Crippen molar-refractivity contribution >= 4 is 15.9 Å². The number of benzene rings is 1. The molecule has 0 bridgehead atoms. The molecular weight excluding hydrogens is 288 g/mol. The van der Waals surface area contributed by atoms with Crippen LogP contribution in [0.25, 0.3) is 0 Å². The summed E-state index contributed by atoms with van der Waals surface area (Å²) in [5, 5.41) is 0. The molecule has 18 heavy (non-hydrogen) atoms. The third-order valence-corrected chi connectivity index (χ3v) is 6.40. The third kappa shape index (κ3) is 1.89. The Labute approximate surface area is 118 Å². The summed E-state index contributed by atoms with van der Waals surface area (Å²) in [6.45, 7) is 4.58. The molecule has 1 aromatic carbocycles. The highest BCUT2D eigenvalue weighted by atomic mass is 79.9. The van der Waals surface area contributed by atoms with Gasteiger partial charge >= 0.3 is 0 Å². The molecule has 3 rings (SSSR count). The Morgan fingerprint density at radius 1 is 1.33 bits per heavy atom. The van der Waals surface area contributed by atoms with E-state index in [0.717, 1.165) is 12.2 Å². The third-order valence-electron chi connectivity index (χ3n) is 4.98. The van der Waals surface area contributed by atoms with E-state index >= 15 is 0 Å². The van der Waals surface area contributed by atoms with Gasteiger partial charge in [0.05, 0.1) is 0 Å². The monoisotopic (exact) mass is 308 g/mol. The van der Waals surface area contributed by atoms with Gasteiger partial charge in [0.2, 0.25) is 0 Å². The van der Waals surface area contributed by atoms with Crippen LogP contribution in [0.2, 0.25) is 0 Å². The van der Waals surface area contributed by atoms with Crippen LogP contribution in [0.15, 0.2) is 18.2 Å². The minimum atomic E-state index is 0.291. The van der Waals surface area contributed by atoms with Crippen LogP contribution < -0.4 is 4.74 Å². The minimum Gasteiger partial charge on any atom is -0.490 e. The minimum absolute atomic E-state index is 0.291. The van der Waals surface area contributed by atoms with Gasteiger partial charge in [-0.25, -0.2) is 0 Å². The average molecular weight is 309 g/mol. The average Bonchev–Trinajstić information content (AvgIpc) is 2.84. The van der Waals surface area contributed by atoms with Crippen molar-refractivity contribution in [3.8, 4) is 5.75 Å². The van der Waals surface area contributed by atoms with Crippen molar-refractivity contribution in [1.29, 1.82) is 0 Å². The van der Waals surface area contributed by atoms with E-state index in [4.69, 9.17) is 4.74 Å². The zero-order chi connectivity index (χ0) is 12.8. The normalized spacial score (nSPS) is 33.9. The van der Waals surface area contributed by atoms with Crippen LogP contribution >= 0.6 is 15.9 Å². The number of ether oxygens (including phenoxy) is 1. The second kappa shape index (κ2) is 4.56. The van der Waals surface area contributed by atoms with Crippen molar-refractivity contribution in [3.63, 3.8) is 0 Å². The number of aryl methyl sites for hydroxylation is 2. The summed E-state index contributed by atoms with van der Waals surface area (Å²) in [5.74, 6) is 1.07. The highest BCUT2D eigenvalue weighted by Gasteiger charge is 2.50. The SMILES string of the molecule is CCC1(C)C(Br)CC1Oc1ccc2c(c1)CCC2. The van der Waals surface area contributed by atoms with E-state index in [1.165, 1.54) is 36.8 Å². The molecule has 0 amide bonds. The van der Waals surface area contributed by atoms with Gasteiger partial charge in [-0.05, 0) is 55.4 Å². The van der Waals surface area contributed by atoms with Crippen molar-refractivity contribution in [1.82, 2.24) is 0 Å². The highest BCUT2D eigenvalue weighted by molar-refractivity contribution is 9.09. The topological polar surface area (TPSA) is 9.23 Å². The molecule has 1 nitrogen and oxygen atoms in total. The Morgan fingerprint density at radius 3 is 2.83 bits per heavy atom. The fourth-order valence-electron chi connectivity index (χ4n) is 3.19. The van der Waals surface area contributed by atoms with E-state index in [2.05, 4.69) is 48.0 Å². The number of halogens is 1. The van der Waals surface area contributed by atoms with Gasteiger partial charge in [-0.15, -0.1) is 0 Å². The molecule has 0 heterocycles. The van der Waals surface area contributed by atoms with Gasteiger partial charge in [0.1, 0.15) is 11.9 Å². The van der Waals surface area contributed by atoms with E-state index in [1.54, 1.807) is 0 Å². The molecule has 1 aromatic rings. The molecule has 2 aliphatic rings. The summed E-state index contributed by atoms with van der Waals surface area (Å²) in [5.41, 5.74) is 3.31. The lowest BCUT2D eigenvalue weighted by Crippen LogP contribution is -2.54. The van der Waals surface area contributed by atoms with E-state index in [9.17, 15) is 0 Å². The van der Waals surface area contributed by atoms with Crippen LogP contribution in [-0.4, -0.2) is 10.9 Å². The number of hydrogen-bond donors (Lipinski definition) is 0. The van der Waals surface area contributed by atoms with Crippen LogP contribution in [0.4, 0.5) is 0 Å². The van der Waals surface area contributed by atoms with E-state index in [1.807, 2.05) is 0 Å². The predicted octanol–water partition coefficient (Wildman–Crippen LogP) is 4.51. The van der Waals surface area contributed by atoms with Gasteiger partial charge in [0.25, 0.3) is 0 Å². The zero-order valence-electron chi connectivity index (χ0n) is 11.2. The first-order chi connectivity index (χ1) is 8.63. The molecule has 0 spiro atoms. The lowest BCUT2D eigenvalue weighted by Gasteiger charge is -2.50. The zero-order valence-corrected chi connectivity index (χ0v) is 12.8. The van der Waals surface area contributed by atoms with E-state index in [-0.39, 0.29) is 0 Å². The van der Waals surface area contributed by atoms with Crippen LogP contribution in [0.1, 0.15) is 44.2 Å². The molecule has 1 fully saturated rings. The summed E-state index contributed by atoms with van der Waals surface area (Å²) in [7, 11) is 0. The van der Waals surface area contributed by atoms with E-state index < -0.39 is 0 Å². The predicted molar refractivity (Wildman–Crippen MR) is 78.6 cm³/mol. The molecule has 0 aliphatic heterocycles. The van der Waals surface area contributed by atoms with E-state index in [0.29, 0.717) is 16.3 Å². The van der Waals surface area contributed by atoms with Crippen LogP contribution in [-0.2, 0) is 12.8 Å². The van der Waals surface area contributed by atoms with Gasteiger partial charge in [-0.3, -0.25) is 0 Å². The Morgan fingerprint density at radius 2 is 2.11 bits per heavy atom. The fraction of sp³-hybridized carbons (Fsp3) is 0.625. The van der Waals surface area contributed by atoms with Crippen LogP contribution in [0, 0.1) is 5.41 Å². The molecule has 98 valence electrons. The summed E-state index contributed by atoms with van der Waals surface area (Å²) >= 11 is 3.77. The van der Waals surface area contributed by atoms with Crippen molar-refractivity contribution in [3.05, 3.63) is 29.3 Å². The molecule has 0 aromatic heterocycles. The Balaban J connectivity index is 1.74. The maximum Gasteiger partial charge on any atom is 0.120 e. The summed E-state index contributed by atoms with van der Waals surface area (Å²) in [6.07, 6.45) is 6.43. The van der Waals surface area contributed by atoms with Gasteiger partial charge < -0.3 is 4.74 Å². The number of hydrogen-bond acceptors (Lipinski definition) is 1. The second-order valence-corrected chi connectivity index (χ2v) is 7.06. The molecule has 1 saturated carbocycles. The van der Waals surface area contributed by atoms with Gasteiger partial charge in [0.15, 0.2) is 0 Å². The van der Waals surface area contributed by atoms with Crippen LogP contribution in [0.3, 0.4) is 0 Å². The molecular formula is C16H21BrO. The standard InChI is InChI=1S/C16H21BrO/c1-3-16(2)14(17)10-15(16)18-13-8-7-11-5-4-6-12(11)9-13/h7-9,14-15H,3-6,10H2,1-2H3. The molecule has 3 unspecified atom stereocenters. The molecule has 0 saturated heterocycles. The maximum atomic E-state index is 6.22. The van der Waals surface area contributed by atoms with Gasteiger partial charge in [-0.1, -0.05) is 35.8 Å².